The lowest BCUT2D eigenvalue weighted by molar-refractivity contribution is -0.122. The summed E-state index contributed by atoms with van der Waals surface area (Å²) in [6, 6.07) is 7.20. The van der Waals surface area contributed by atoms with Gasteiger partial charge in [0, 0.05) is 17.3 Å². The molecule has 0 spiro atoms. The van der Waals surface area contributed by atoms with Gasteiger partial charge in [0.2, 0.25) is 5.91 Å². The number of nitrogens with zero attached hydrogens (tertiary/aromatic N) is 1. The number of aliphatic hydroxyl groups excluding tert-OH is 1. The quantitative estimate of drug-likeness (QED) is 0.792. The lowest BCUT2D eigenvalue weighted by atomic mass is 10.1. The standard InChI is InChI=1S/C11H12ClNO2/c12-8-2-1-3-9(6-8)13-5-4-10(14)7-11(13)15/h1-3,6,10,14H,4-5,7H2. The number of rotatable bonds is 1. The van der Waals surface area contributed by atoms with E-state index >= 15 is 0 Å². The molecule has 0 aromatic heterocycles. The van der Waals surface area contributed by atoms with Gasteiger partial charge in [-0.25, -0.2) is 0 Å². The minimum Gasteiger partial charge on any atom is -0.393 e. The number of aliphatic hydroxyl groups is 1. The molecule has 0 radical (unpaired) electrons. The van der Waals surface area contributed by atoms with E-state index in [-0.39, 0.29) is 12.3 Å². The number of amides is 1. The molecule has 1 unspecified atom stereocenters. The van der Waals surface area contributed by atoms with E-state index in [0.717, 1.165) is 5.69 Å². The van der Waals surface area contributed by atoms with Crippen LogP contribution in [0.25, 0.3) is 0 Å². The van der Waals surface area contributed by atoms with Crippen molar-refractivity contribution in [3.05, 3.63) is 29.3 Å². The van der Waals surface area contributed by atoms with Gasteiger partial charge in [0.15, 0.2) is 0 Å². The Labute approximate surface area is 93.3 Å². The monoisotopic (exact) mass is 225 g/mol. The van der Waals surface area contributed by atoms with Gasteiger partial charge in [0.05, 0.1) is 12.5 Å². The third-order valence-electron chi connectivity index (χ3n) is 2.52. The van der Waals surface area contributed by atoms with Crippen molar-refractivity contribution in [1.82, 2.24) is 0 Å². The molecule has 80 valence electrons. The van der Waals surface area contributed by atoms with Gasteiger partial charge >= 0.3 is 0 Å². The summed E-state index contributed by atoms with van der Waals surface area (Å²) in [5, 5.41) is 9.94. The zero-order chi connectivity index (χ0) is 10.8. The second-order valence-corrected chi connectivity index (χ2v) is 4.11. The van der Waals surface area contributed by atoms with E-state index < -0.39 is 6.10 Å². The van der Waals surface area contributed by atoms with Crippen LogP contribution in [-0.2, 0) is 4.79 Å². The van der Waals surface area contributed by atoms with E-state index in [1.807, 2.05) is 12.1 Å². The smallest absolute Gasteiger partial charge is 0.229 e. The van der Waals surface area contributed by atoms with E-state index in [0.29, 0.717) is 18.0 Å². The molecule has 4 heteroatoms. The molecular formula is C11H12ClNO2. The topological polar surface area (TPSA) is 40.5 Å². The van der Waals surface area contributed by atoms with Crippen LogP contribution < -0.4 is 4.90 Å². The van der Waals surface area contributed by atoms with Crippen molar-refractivity contribution in [2.75, 3.05) is 11.4 Å². The van der Waals surface area contributed by atoms with Crippen LogP contribution in [0.15, 0.2) is 24.3 Å². The molecule has 1 aliphatic heterocycles. The second kappa shape index (κ2) is 4.21. The van der Waals surface area contributed by atoms with Gasteiger partial charge in [-0.1, -0.05) is 17.7 Å². The average Bonchev–Trinajstić information content (AvgIpc) is 2.17. The van der Waals surface area contributed by atoms with Crippen molar-refractivity contribution in [1.29, 1.82) is 0 Å². The van der Waals surface area contributed by atoms with Crippen molar-refractivity contribution in [3.63, 3.8) is 0 Å². The first-order valence-corrected chi connectivity index (χ1v) is 5.28. The highest BCUT2D eigenvalue weighted by atomic mass is 35.5. The Bertz CT molecular complexity index is 381. The van der Waals surface area contributed by atoms with Crippen molar-refractivity contribution >= 4 is 23.2 Å². The largest absolute Gasteiger partial charge is 0.393 e. The summed E-state index contributed by atoms with van der Waals surface area (Å²) < 4.78 is 0. The highest BCUT2D eigenvalue weighted by Gasteiger charge is 2.25. The molecule has 0 bridgehead atoms. The van der Waals surface area contributed by atoms with E-state index in [1.54, 1.807) is 17.0 Å². The van der Waals surface area contributed by atoms with E-state index in [9.17, 15) is 9.90 Å². The molecule has 2 rings (SSSR count). The Morgan fingerprint density at radius 3 is 2.93 bits per heavy atom. The van der Waals surface area contributed by atoms with Gasteiger partial charge in [-0.05, 0) is 24.6 Å². The summed E-state index contributed by atoms with van der Waals surface area (Å²) in [6.07, 6.45) is 0.332. The molecule has 1 N–H and O–H groups in total. The van der Waals surface area contributed by atoms with Gasteiger partial charge in [0.1, 0.15) is 0 Å². The van der Waals surface area contributed by atoms with Gasteiger partial charge in [-0.2, -0.15) is 0 Å². The molecule has 1 amide bonds. The Kier molecular flexibility index (Phi) is 2.93. The predicted molar refractivity (Wildman–Crippen MR) is 59.0 cm³/mol. The molecule has 0 aliphatic carbocycles. The van der Waals surface area contributed by atoms with E-state index in [4.69, 9.17) is 11.6 Å². The maximum atomic E-state index is 11.6. The van der Waals surface area contributed by atoms with E-state index in [2.05, 4.69) is 0 Å². The normalized spacial score (nSPS) is 21.9. The van der Waals surface area contributed by atoms with Gasteiger partial charge < -0.3 is 10.0 Å². The SMILES string of the molecule is O=C1CC(O)CCN1c1cccc(Cl)c1. The fourth-order valence-corrected chi connectivity index (χ4v) is 1.92. The molecule has 1 aromatic rings. The van der Waals surface area contributed by atoms with Gasteiger partial charge in [-0.3, -0.25) is 4.79 Å². The number of halogens is 1. The first kappa shape index (κ1) is 10.5. The van der Waals surface area contributed by atoms with Crippen LogP contribution in [-0.4, -0.2) is 23.7 Å². The number of carbonyl (C=O) groups is 1. The molecule has 1 fully saturated rings. The highest BCUT2D eigenvalue weighted by Crippen LogP contribution is 2.23. The van der Waals surface area contributed by atoms with E-state index in [1.165, 1.54) is 0 Å². The third kappa shape index (κ3) is 2.30. The molecule has 15 heavy (non-hydrogen) atoms. The molecule has 3 nitrogen and oxygen atoms in total. The Morgan fingerprint density at radius 2 is 2.27 bits per heavy atom. The number of hydrogen-bond donors (Lipinski definition) is 1. The first-order valence-electron chi connectivity index (χ1n) is 4.91. The molecule has 1 saturated heterocycles. The average molecular weight is 226 g/mol. The second-order valence-electron chi connectivity index (χ2n) is 3.67. The first-order chi connectivity index (χ1) is 7.16. The van der Waals surface area contributed by atoms with Crippen LogP contribution in [0.3, 0.4) is 0 Å². The zero-order valence-electron chi connectivity index (χ0n) is 8.19. The summed E-state index contributed by atoms with van der Waals surface area (Å²) in [6.45, 7) is 0.556. The molecular weight excluding hydrogens is 214 g/mol. The van der Waals surface area contributed by atoms with Crippen LogP contribution in [0, 0.1) is 0 Å². The van der Waals surface area contributed by atoms with Gasteiger partial charge in [-0.15, -0.1) is 0 Å². The minimum atomic E-state index is -0.493. The fourth-order valence-electron chi connectivity index (χ4n) is 1.73. The highest BCUT2D eigenvalue weighted by molar-refractivity contribution is 6.30. The number of carbonyl (C=O) groups excluding carboxylic acids is 1. The van der Waals surface area contributed by atoms with Crippen molar-refractivity contribution in [2.24, 2.45) is 0 Å². The van der Waals surface area contributed by atoms with Crippen molar-refractivity contribution < 1.29 is 9.90 Å². The molecule has 1 aromatic carbocycles. The van der Waals surface area contributed by atoms with Crippen molar-refractivity contribution in [3.8, 4) is 0 Å². The lowest BCUT2D eigenvalue weighted by Crippen LogP contribution is -2.40. The number of piperidine rings is 1. The summed E-state index contributed by atoms with van der Waals surface area (Å²) in [5.74, 6) is -0.0454. The summed E-state index contributed by atoms with van der Waals surface area (Å²) in [4.78, 5) is 13.3. The zero-order valence-corrected chi connectivity index (χ0v) is 8.94. The van der Waals surface area contributed by atoms with Crippen LogP contribution >= 0.6 is 11.6 Å². The number of anilines is 1. The number of benzene rings is 1. The Hall–Kier alpha value is -1.06. The van der Waals surface area contributed by atoms with Crippen molar-refractivity contribution in [2.45, 2.75) is 18.9 Å². The molecule has 1 aliphatic rings. The molecule has 1 heterocycles. The predicted octanol–water partition coefficient (Wildman–Crippen LogP) is 1.83. The summed E-state index contributed by atoms with van der Waals surface area (Å²) in [5.41, 5.74) is 0.805. The Morgan fingerprint density at radius 1 is 1.47 bits per heavy atom. The third-order valence-corrected chi connectivity index (χ3v) is 2.75. The van der Waals surface area contributed by atoms with Crippen LogP contribution in [0.1, 0.15) is 12.8 Å². The van der Waals surface area contributed by atoms with Crippen LogP contribution in [0.5, 0.6) is 0 Å². The summed E-state index contributed by atoms with van der Waals surface area (Å²) in [7, 11) is 0. The maximum absolute atomic E-state index is 11.6. The summed E-state index contributed by atoms with van der Waals surface area (Å²) >= 11 is 5.85. The molecule has 1 atom stereocenters. The maximum Gasteiger partial charge on any atom is 0.229 e. The van der Waals surface area contributed by atoms with Crippen LogP contribution in [0.4, 0.5) is 5.69 Å². The minimum absolute atomic E-state index is 0.0454. The molecule has 0 saturated carbocycles. The fraction of sp³-hybridized carbons (Fsp3) is 0.364. The van der Waals surface area contributed by atoms with Gasteiger partial charge in [0.25, 0.3) is 0 Å². The number of hydrogen-bond acceptors (Lipinski definition) is 2. The lowest BCUT2D eigenvalue weighted by Gasteiger charge is -2.29. The van der Waals surface area contributed by atoms with Crippen LogP contribution in [0.2, 0.25) is 5.02 Å². The Balaban J connectivity index is 2.20.